The number of carbonyl (C=O) groups is 1. The molecule has 1 heterocycles. The van der Waals surface area contributed by atoms with Crippen molar-refractivity contribution >= 4 is 29.1 Å². The molecule has 0 bridgehead atoms. The Bertz CT molecular complexity index is 602. The molecule has 5 nitrogen and oxygen atoms in total. The largest absolute Gasteiger partial charge is 0.450 e. The van der Waals surface area contributed by atoms with Crippen molar-refractivity contribution < 1.29 is 9.53 Å². The Hall–Kier alpha value is -2.27. The molecule has 0 aliphatic rings. The fraction of sp³-hybridized carbons (Fsp3) is 0.200. The lowest BCUT2D eigenvalue weighted by Gasteiger charge is -2.09. The predicted octanol–water partition coefficient (Wildman–Crippen LogP) is 3.92. The summed E-state index contributed by atoms with van der Waals surface area (Å²) in [6.45, 7) is 2.72. The summed E-state index contributed by atoms with van der Waals surface area (Å²) < 4.78 is 4.84. The summed E-state index contributed by atoms with van der Waals surface area (Å²) in [5.74, 6) is 0. The van der Waals surface area contributed by atoms with Gasteiger partial charge in [0.25, 0.3) is 0 Å². The van der Waals surface area contributed by atoms with Gasteiger partial charge in [-0.3, -0.25) is 5.32 Å². The predicted molar refractivity (Wildman–Crippen MR) is 83.7 cm³/mol. The van der Waals surface area contributed by atoms with Crippen molar-refractivity contribution in [1.82, 2.24) is 4.98 Å². The third-order valence-corrected chi connectivity index (χ3v) is 2.90. The van der Waals surface area contributed by atoms with Crippen LogP contribution < -0.4 is 10.6 Å². The van der Waals surface area contributed by atoms with Crippen LogP contribution in [0.1, 0.15) is 12.5 Å². The molecule has 0 aliphatic heterocycles. The molecule has 2 rings (SSSR count). The smallest absolute Gasteiger partial charge is 0.411 e. The number of hydrogen-bond acceptors (Lipinski definition) is 4. The van der Waals surface area contributed by atoms with Crippen LogP contribution in [0, 0.1) is 0 Å². The molecule has 0 aliphatic carbocycles. The Kier molecular flexibility index (Phi) is 5.40. The zero-order valence-corrected chi connectivity index (χ0v) is 12.4. The van der Waals surface area contributed by atoms with E-state index in [4.69, 9.17) is 16.3 Å². The van der Waals surface area contributed by atoms with Crippen molar-refractivity contribution in [3.8, 4) is 0 Å². The van der Waals surface area contributed by atoms with Crippen LogP contribution in [0.15, 0.2) is 42.6 Å². The highest BCUT2D eigenvalue weighted by atomic mass is 35.5. The molecule has 0 spiro atoms. The molecule has 110 valence electrons. The Morgan fingerprint density at radius 1 is 1.29 bits per heavy atom. The van der Waals surface area contributed by atoms with Gasteiger partial charge in [-0.15, -0.1) is 0 Å². The fourth-order valence-corrected chi connectivity index (χ4v) is 1.84. The number of nitrogens with zero attached hydrogens (tertiary/aromatic N) is 1. The van der Waals surface area contributed by atoms with Crippen LogP contribution in [-0.2, 0) is 11.3 Å². The summed E-state index contributed by atoms with van der Waals surface area (Å²) in [5, 5.41) is 6.36. The van der Waals surface area contributed by atoms with Gasteiger partial charge in [-0.25, -0.2) is 9.78 Å². The normalized spacial score (nSPS) is 10.0. The Morgan fingerprint density at radius 2 is 2.14 bits per heavy atom. The molecule has 0 atom stereocenters. The summed E-state index contributed by atoms with van der Waals surface area (Å²) >= 11 is 5.73. The van der Waals surface area contributed by atoms with Gasteiger partial charge in [-0.2, -0.15) is 0 Å². The van der Waals surface area contributed by atoms with E-state index in [0.717, 1.165) is 11.3 Å². The lowest BCUT2D eigenvalue weighted by atomic mass is 10.2. The molecule has 0 radical (unpaired) electrons. The lowest BCUT2D eigenvalue weighted by molar-refractivity contribution is 0.168. The monoisotopic (exact) mass is 305 g/mol. The Labute approximate surface area is 128 Å². The number of halogens is 1. The van der Waals surface area contributed by atoms with Crippen LogP contribution in [-0.4, -0.2) is 17.7 Å². The molecular weight excluding hydrogens is 290 g/mol. The standard InChI is InChI=1S/C15H16ClN3O2/c1-2-21-15(20)19-12-5-3-4-11(8-12)9-17-13-6-7-14(16)18-10-13/h3-8,10,17H,2,9H2,1H3,(H,19,20). The minimum Gasteiger partial charge on any atom is -0.450 e. The van der Waals surface area contributed by atoms with Gasteiger partial charge in [0, 0.05) is 12.2 Å². The summed E-state index contributed by atoms with van der Waals surface area (Å²) in [7, 11) is 0. The maximum Gasteiger partial charge on any atom is 0.411 e. The van der Waals surface area contributed by atoms with Gasteiger partial charge in [0.1, 0.15) is 5.15 Å². The topological polar surface area (TPSA) is 63.2 Å². The highest BCUT2D eigenvalue weighted by Crippen LogP contribution is 2.14. The van der Waals surface area contributed by atoms with E-state index in [9.17, 15) is 4.79 Å². The fourth-order valence-electron chi connectivity index (χ4n) is 1.73. The van der Waals surface area contributed by atoms with Crippen LogP contribution >= 0.6 is 11.6 Å². The average molecular weight is 306 g/mol. The number of ether oxygens (including phenoxy) is 1. The number of benzene rings is 1. The van der Waals surface area contributed by atoms with E-state index in [0.29, 0.717) is 24.0 Å². The van der Waals surface area contributed by atoms with Crippen LogP contribution in [0.2, 0.25) is 5.15 Å². The van der Waals surface area contributed by atoms with Crippen molar-refractivity contribution in [1.29, 1.82) is 0 Å². The molecule has 2 aromatic rings. The highest BCUT2D eigenvalue weighted by Gasteiger charge is 2.02. The quantitative estimate of drug-likeness (QED) is 0.822. The van der Waals surface area contributed by atoms with Gasteiger partial charge < -0.3 is 10.1 Å². The molecule has 0 unspecified atom stereocenters. The van der Waals surface area contributed by atoms with E-state index in [1.165, 1.54) is 0 Å². The van der Waals surface area contributed by atoms with Crippen LogP contribution in [0.3, 0.4) is 0 Å². The van der Waals surface area contributed by atoms with Gasteiger partial charge in [0.2, 0.25) is 0 Å². The molecule has 0 fully saturated rings. The van der Waals surface area contributed by atoms with Gasteiger partial charge in [-0.05, 0) is 36.8 Å². The van der Waals surface area contributed by atoms with E-state index < -0.39 is 6.09 Å². The van der Waals surface area contributed by atoms with E-state index in [-0.39, 0.29) is 0 Å². The van der Waals surface area contributed by atoms with Gasteiger partial charge in [0.05, 0.1) is 18.5 Å². The maximum atomic E-state index is 11.4. The number of amides is 1. The molecule has 1 amide bonds. The molecule has 0 saturated carbocycles. The molecule has 21 heavy (non-hydrogen) atoms. The van der Waals surface area contributed by atoms with Gasteiger partial charge >= 0.3 is 6.09 Å². The minimum absolute atomic E-state index is 0.344. The van der Waals surface area contributed by atoms with Crippen molar-refractivity contribution in [2.45, 2.75) is 13.5 Å². The molecule has 2 N–H and O–H groups in total. The number of hydrogen-bond donors (Lipinski definition) is 2. The molecule has 6 heteroatoms. The number of aromatic nitrogens is 1. The molecule has 1 aromatic carbocycles. The van der Waals surface area contributed by atoms with E-state index in [2.05, 4.69) is 15.6 Å². The van der Waals surface area contributed by atoms with Crippen molar-refractivity contribution in [3.63, 3.8) is 0 Å². The van der Waals surface area contributed by atoms with E-state index in [1.54, 1.807) is 19.2 Å². The summed E-state index contributed by atoms with van der Waals surface area (Å²) in [6, 6.07) is 11.1. The lowest BCUT2D eigenvalue weighted by Crippen LogP contribution is -2.13. The summed E-state index contributed by atoms with van der Waals surface area (Å²) in [6.07, 6.45) is 1.22. The van der Waals surface area contributed by atoms with E-state index >= 15 is 0 Å². The number of rotatable bonds is 5. The Balaban J connectivity index is 1.94. The van der Waals surface area contributed by atoms with Crippen molar-refractivity contribution in [2.24, 2.45) is 0 Å². The van der Waals surface area contributed by atoms with Gasteiger partial charge in [0.15, 0.2) is 0 Å². The van der Waals surface area contributed by atoms with Crippen LogP contribution in [0.5, 0.6) is 0 Å². The zero-order chi connectivity index (χ0) is 15.1. The Morgan fingerprint density at radius 3 is 2.86 bits per heavy atom. The first-order valence-electron chi connectivity index (χ1n) is 6.55. The average Bonchev–Trinajstić information content (AvgIpc) is 2.47. The van der Waals surface area contributed by atoms with Crippen LogP contribution in [0.4, 0.5) is 16.2 Å². The van der Waals surface area contributed by atoms with Crippen molar-refractivity contribution in [2.75, 3.05) is 17.2 Å². The van der Waals surface area contributed by atoms with Crippen molar-refractivity contribution in [3.05, 3.63) is 53.3 Å². The second-order valence-corrected chi connectivity index (χ2v) is 4.66. The first-order chi connectivity index (χ1) is 10.2. The van der Waals surface area contributed by atoms with E-state index in [1.807, 2.05) is 30.3 Å². The SMILES string of the molecule is CCOC(=O)Nc1cccc(CNc2ccc(Cl)nc2)c1. The molecule has 0 saturated heterocycles. The number of anilines is 2. The first-order valence-corrected chi connectivity index (χ1v) is 6.93. The maximum absolute atomic E-state index is 11.4. The van der Waals surface area contributed by atoms with Gasteiger partial charge in [-0.1, -0.05) is 23.7 Å². The zero-order valence-electron chi connectivity index (χ0n) is 11.6. The summed E-state index contributed by atoms with van der Waals surface area (Å²) in [5.41, 5.74) is 2.60. The second kappa shape index (κ2) is 7.50. The number of carbonyl (C=O) groups excluding carboxylic acids is 1. The summed E-state index contributed by atoms with van der Waals surface area (Å²) in [4.78, 5) is 15.4. The number of nitrogens with one attached hydrogen (secondary N) is 2. The third kappa shape index (κ3) is 4.96. The third-order valence-electron chi connectivity index (χ3n) is 2.67. The van der Waals surface area contributed by atoms with Crippen LogP contribution in [0.25, 0.3) is 0 Å². The molecule has 1 aromatic heterocycles. The second-order valence-electron chi connectivity index (χ2n) is 4.27. The minimum atomic E-state index is -0.454. The first kappa shape index (κ1) is 15.1. The highest BCUT2D eigenvalue weighted by molar-refractivity contribution is 6.29. The number of pyridine rings is 1. The molecular formula is C15H16ClN3O2.